The average Bonchev–Trinajstić information content (AvgIpc) is 2.83. The smallest absolute Gasteiger partial charge is 0.274 e. The largest absolute Gasteiger partial charge is 0.397 e. The van der Waals surface area contributed by atoms with Crippen LogP contribution in [0.15, 0.2) is 28.9 Å². The van der Waals surface area contributed by atoms with Crippen molar-refractivity contribution < 1.29 is 14.1 Å². The molecular formula is C13H15N5O3. The SMILES string of the molecule is Cc1cc(NC(=O)CN(C)C(=O)c2ncccc2N)no1. The van der Waals surface area contributed by atoms with Gasteiger partial charge < -0.3 is 20.5 Å². The molecule has 2 aromatic rings. The minimum absolute atomic E-state index is 0.116. The quantitative estimate of drug-likeness (QED) is 0.855. The van der Waals surface area contributed by atoms with Gasteiger partial charge in [-0.2, -0.15) is 0 Å². The summed E-state index contributed by atoms with van der Waals surface area (Å²) in [6.45, 7) is 1.56. The Labute approximate surface area is 120 Å². The van der Waals surface area contributed by atoms with E-state index in [4.69, 9.17) is 10.3 Å². The van der Waals surface area contributed by atoms with Crippen LogP contribution in [0.3, 0.4) is 0 Å². The van der Waals surface area contributed by atoms with E-state index in [1.165, 1.54) is 18.1 Å². The molecule has 0 unspecified atom stereocenters. The Balaban J connectivity index is 1.97. The van der Waals surface area contributed by atoms with Crippen LogP contribution in [0.1, 0.15) is 16.2 Å². The van der Waals surface area contributed by atoms with Crippen LogP contribution in [0.2, 0.25) is 0 Å². The number of hydrogen-bond acceptors (Lipinski definition) is 6. The maximum absolute atomic E-state index is 12.1. The van der Waals surface area contributed by atoms with Crippen LogP contribution in [0.4, 0.5) is 11.5 Å². The van der Waals surface area contributed by atoms with Gasteiger partial charge in [-0.05, 0) is 19.1 Å². The number of nitrogens with zero attached hydrogens (tertiary/aromatic N) is 3. The summed E-state index contributed by atoms with van der Waals surface area (Å²) in [4.78, 5) is 29.1. The first-order valence-corrected chi connectivity index (χ1v) is 6.16. The summed E-state index contributed by atoms with van der Waals surface area (Å²) in [6, 6.07) is 4.79. The lowest BCUT2D eigenvalue weighted by atomic mass is 10.2. The van der Waals surface area contributed by atoms with E-state index in [0.717, 1.165) is 0 Å². The molecule has 0 spiro atoms. The van der Waals surface area contributed by atoms with E-state index in [1.807, 2.05) is 0 Å². The maximum atomic E-state index is 12.1. The Bertz CT molecular complexity index is 667. The van der Waals surface area contributed by atoms with Crippen LogP contribution in [0, 0.1) is 6.92 Å². The van der Waals surface area contributed by atoms with E-state index >= 15 is 0 Å². The number of likely N-dealkylation sites (N-methyl/N-ethyl adjacent to an activating group) is 1. The van der Waals surface area contributed by atoms with Crippen molar-refractivity contribution >= 4 is 23.3 Å². The Morgan fingerprint density at radius 2 is 2.24 bits per heavy atom. The number of anilines is 2. The highest BCUT2D eigenvalue weighted by Gasteiger charge is 2.18. The van der Waals surface area contributed by atoms with Crippen LogP contribution in [0.25, 0.3) is 0 Å². The van der Waals surface area contributed by atoms with Crippen molar-refractivity contribution in [3.63, 3.8) is 0 Å². The second kappa shape index (κ2) is 6.04. The summed E-state index contributed by atoms with van der Waals surface area (Å²) in [6.07, 6.45) is 1.47. The predicted octanol–water partition coefficient (Wildman–Crippen LogP) is 0.671. The molecule has 0 aliphatic carbocycles. The fraction of sp³-hybridized carbons (Fsp3) is 0.231. The van der Waals surface area contributed by atoms with Crippen molar-refractivity contribution in [3.05, 3.63) is 35.9 Å². The Morgan fingerprint density at radius 1 is 1.48 bits per heavy atom. The third-order valence-electron chi connectivity index (χ3n) is 2.66. The van der Waals surface area contributed by atoms with Gasteiger partial charge in [0, 0.05) is 19.3 Å². The second-order valence-corrected chi connectivity index (χ2v) is 4.47. The summed E-state index contributed by atoms with van der Waals surface area (Å²) in [5.74, 6) is 0.0555. The van der Waals surface area contributed by atoms with Crippen LogP contribution in [-0.4, -0.2) is 40.4 Å². The van der Waals surface area contributed by atoms with Crippen LogP contribution < -0.4 is 11.1 Å². The molecule has 0 aliphatic heterocycles. The van der Waals surface area contributed by atoms with Gasteiger partial charge in [-0.3, -0.25) is 9.59 Å². The van der Waals surface area contributed by atoms with Gasteiger partial charge in [0.15, 0.2) is 11.5 Å². The molecule has 0 fully saturated rings. The maximum Gasteiger partial charge on any atom is 0.274 e. The minimum atomic E-state index is -0.431. The number of nitrogen functional groups attached to an aromatic ring is 1. The van der Waals surface area contributed by atoms with Gasteiger partial charge in [-0.15, -0.1) is 0 Å². The fourth-order valence-corrected chi connectivity index (χ4v) is 1.67. The predicted molar refractivity (Wildman–Crippen MR) is 75.5 cm³/mol. The number of carbonyl (C=O) groups excluding carboxylic acids is 2. The number of nitrogens with two attached hydrogens (primary N) is 1. The highest BCUT2D eigenvalue weighted by molar-refractivity contribution is 6.00. The summed E-state index contributed by atoms with van der Waals surface area (Å²) in [5, 5.41) is 6.16. The summed E-state index contributed by atoms with van der Waals surface area (Å²) in [7, 11) is 1.49. The van der Waals surface area contributed by atoms with Crippen molar-refractivity contribution in [2.75, 3.05) is 24.6 Å². The van der Waals surface area contributed by atoms with Crippen LogP contribution >= 0.6 is 0 Å². The van der Waals surface area contributed by atoms with Gasteiger partial charge in [0.2, 0.25) is 5.91 Å². The topological polar surface area (TPSA) is 114 Å². The zero-order valence-corrected chi connectivity index (χ0v) is 11.7. The van der Waals surface area contributed by atoms with Gasteiger partial charge in [0.1, 0.15) is 5.76 Å². The number of carbonyl (C=O) groups is 2. The van der Waals surface area contributed by atoms with Crippen molar-refractivity contribution in [3.8, 4) is 0 Å². The average molecular weight is 289 g/mol. The first kappa shape index (κ1) is 14.5. The molecule has 0 aliphatic rings. The molecule has 0 aromatic carbocycles. The number of pyridine rings is 1. The van der Waals surface area contributed by atoms with Gasteiger partial charge in [-0.25, -0.2) is 4.98 Å². The molecule has 0 bridgehead atoms. The number of rotatable bonds is 4. The number of aryl methyl sites for hydroxylation is 1. The molecule has 21 heavy (non-hydrogen) atoms. The monoisotopic (exact) mass is 289 g/mol. The second-order valence-electron chi connectivity index (χ2n) is 4.47. The highest BCUT2D eigenvalue weighted by atomic mass is 16.5. The third kappa shape index (κ3) is 3.56. The van der Waals surface area contributed by atoms with Crippen LogP contribution in [0.5, 0.6) is 0 Å². The molecule has 0 saturated heterocycles. The van der Waals surface area contributed by atoms with E-state index in [2.05, 4.69) is 15.5 Å². The molecule has 0 radical (unpaired) electrons. The number of hydrogen-bond donors (Lipinski definition) is 2. The standard InChI is InChI=1S/C13H15N5O3/c1-8-6-10(17-21-8)16-11(19)7-18(2)13(20)12-9(14)4-3-5-15-12/h3-6H,7,14H2,1-2H3,(H,16,17,19). The van der Waals surface area contributed by atoms with Gasteiger partial charge in [0.25, 0.3) is 5.91 Å². The molecule has 2 aromatic heterocycles. The molecular weight excluding hydrogens is 274 g/mol. The first-order chi connectivity index (χ1) is 9.97. The normalized spacial score (nSPS) is 10.2. The molecule has 2 amide bonds. The van der Waals surface area contributed by atoms with Crippen molar-refractivity contribution in [1.29, 1.82) is 0 Å². The van der Waals surface area contributed by atoms with E-state index in [1.54, 1.807) is 25.1 Å². The first-order valence-electron chi connectivity index (χ1n) is 6.16. The molecule has 2 heterocycles. The lowest BCUT2D eigenvalue weighted by Gasteiger charge is -2.16. The Kier molecular flexibility index (Phi) is 4.17. The summed E-state index contributed by atoms with van der Waals surface area (Å²) >= 11 is 0. The van der Waals surface area contributed by atoms with Gasteiger partial charge in [-0.1, -0.05) is 5.16 Å². The zero-order chi connectivity index (χ0) is 15.4. The number of nitrogens with one attached hydrogen (secondary N) is 1. The number of aromatic nitrogens is 2. The lowest BCUT2D eigenvalue weighted by Crippen LogP contribution is -2.35. The number of amides is 2. The molecule has 0 saturated carbocycles. The molecule has 8 nitrogen and oxygen atoms in total. The fourth-order valence-electron chi connectivity index (χ4n) is 1.67. The van der Waals surface area contributed by atoms with Crippen molar-refractivity contribution in [2.24, 2.45) is 0 Å². The Hall–Kier alpha value is -2.90. The van der Waals surface area contributed by atoms with Gasteiger partial charge >= 0.3 is 0 Å². The van der Waals surface area contributed by atoms with E-state index < -0.39 is 11.8 Å². The third-order valence-corrected chi connectivity index (χ3v) is 2.66. The Morgan fingerprint density at radius 3 is 2.86 bits per heavy atom. The van der Waals surface area contributed by atoms with Crippen molar-refractivity contribution in [2.45, 2.75) is 6.92 Å². The summed E-state index contributed by atoms with van der Waals surface area (Å²) in [5.41, 5.74) is 6.06. The molecule has 8 heteroatoms. The zero-order valence-electron chi connectivity index (χ0n) is 11.7. The lowest BCUT2D eigenvalue weighted by molar-refractivity contribution is -0.116. The minimum Gasteiger partial charge on any atom is -0.397 e. The molecule has 110 valence electrons. The van der Waals surface area contributed by atoms with Gasteiger partial charge in [0.05, 0.1) is 12.2 Å². The van der Waals surface area contributed by atoms with E-state index in [-0.39, 0.29) is 17.9 Å². The summed E-state index contributed by atoms with van der Waals surface area (Å²) < 4.78 is 4.83. The van der Waals surface area contributed by atoms with Crippen molar-refractivity contribution in [1.82, 2.24) is 15.0 Å². The molecule has 2 rings (SSSR count). The van der Waals surface area contributed by atoms with E-state index in [0.29, 0.717) is 11.6 Å². The molecule has 0 atom stereocenters. The van der Waals surface area contributed by atoms with Crippen LogP contribution in [-0.2, 0) is 4.79 Å². The van der Waals surface area contributed by atoms with E-state index in [9.17, 15) is 9.59 Å². The highest BCUT2D eigenvalue weighted by Crippen LogP contribution is 2.10. The molecule has 3 N–H and O–H groups in total.